The fourth-order valence-corrected chi connectivity index (χ4v) is 1.55. The number of benzene rings is 1. The molecule has 1 aromatic carbocycles. The van der Waals surface area contributed by atoms with Gasteiger partial charge in [0.1, 0.15) is 11.9 Å². The van der Waals surface area contributed by atoms with Crippen LogP contribution in [-0.4, -0.2) is 19.3 Å². The van der Waals surface area contributed by atoms with Crippen LogP contribution in [0.5, 0.6) is 5.75 Å². The Morgan fingerprint density at radius 2 is 2.36 bits per heavy atom. The standard InChI is InChI=1S/C10H12ClNO2/c11-9-5-7(1-2-10(9)12)14-8-3-4-13-6-8/h1-2,5,8H,3-4,6,12H2. The third-order valence-corrected chi connectivity index (χ3v) is 2.49. The third kappa shape index (κ3) is 2.11. The molecule has 0 radical (unpaired) electrons. The fourth-order valence-electron chi connectivity index (χ4n) is 1.38. The van der Waals surface area contributed by atoms with Crippen LogP contribution in [0.15, 0.2) is 18.2 Å². The highest BCUT2D eigenvalue weighted by Gasteiger charge is 2.17. The molecule has 0 saturated carbocycles. The summed E-state index contributed by atoms with van der Waals surface area (Å²) in [6.07, 6.45) is 1.08. The molecule has 1 heterocycles. The highest BCUT2D eigenvalue weighted by Crippen LogP contribution is 2.25. The van der Waals surface area contributed by atoms with Gasteiger partial charge in [0, 0.05) is 12.5 Å². The summed E-state index contributed by atoms with van der Waals surface area (Å²) in [5, 5.41) is 0.529. The van der Waals surface area contributed by atoms with E-state index in [1.165, 1.54) is 0 Å². The van der Waals surface area contributed by atoms with E-state index in [-0.39, 0.29) is 6.10 Å². The van der Waals surface area contributed by atoms with Gasteiger partial charge in [0.2, 0.25) is 0 Å². The molecule has 0 spiro atoms. The van der Waals surface area contributed by atoms with Crippen LogP contribution in [0.25, 0.3) is 0 Å². The van der Waals surface area contributed by atoms with E-state index < -0.39 is 0 Å². The van der Waals surface area contributed by atoms with Crippen molar-refractivity contribution < 1.29 is 9.47 Å². The molecule has 0 amide bonds. The van der Waals surface area contributed by atoms with Gasteiger partial charge < -0.3 is 15.2 Å². The summed E-state index contributed by atoms with van der Waals surface area (Å²) in [7, 11) is 0. The normalized spacial score (nSPS) is 21.1. The molecule has 1 fully saturated rings. The lowest BCUT2D eigenvalue weighted by Gasteiger charge is -2.12. The minimum Gasteiger partial charge on any atom is -0.488 e. The lowest BCUT2D eigenvalue weighted by Crippen LogP contribution is -2.15. The van der Waals surface area contributed by atoms with Crippen molar-refractivity contribution in [2.75, 3.05) is 18.9 Å². The molecule has 1 saturated heterocycles. The van der Waals surface area contributed by atoms with E-state index in [9.17, 15) is 0 Å². The molecule has 76 valence electrons. The average molecular weight is 214 g/mol. The van der Waals surface area contributed by atoms with Gasteiger partial charge in [0.15, 0.2) is 0 Å². The molecule has 1 aromatic rings. The number of rotatable bonds is 2. The predicted molar refractivity (Wildman–Crippen MR) is 55.7 cm³/mol. The summed E-state index contributed by atoms with van der Waals surface area (Å²) in [4.78, 5) is 0. The molecule has 1 unspecified atom stereocenters. The van der Waals surface area contributed by atoms with E-state index >= 15 is 0 Å². The van der Waals surface area contributed by atoms with Crippen molar-refractivity contribution >= 4 is 17.3 Å². The first-order valence-electron chi connectivity index (χ1n) is 4.55. The van der Waals surface area contributed by atoms with Gasteiger partial charge in [-0.05, 0) is 12.1 Å². The summed E-state index contributed by atoms with van der Waals surface area (Å²) in [5.74, 6) is 0.750. The molecular formula is C10H12ClNO2. The van der Waals surface area contributed by atoms with E-state index in [0.717, 1.165) is 18.8 Å². The van der Waals surface area contributed by atoms with Crippen LogP contribution in [0.4, 0.5) is 5.69 Å². The predicted octanol–water partition coefficient (Wildman–Crippen LogP) is 2.09. The Labute approximate surface area is 87.8 Å². The van der Waals surface area contributed by atoms with Crippen molar-refractivity contribution in [3.8, 4) is 5.75 Å². The van der Waals surface area contributed by atoms with Gasteiger partial charge in [-0.15, -0.1) is 0 Å². The molecule has 2 rings (SSSR count). The van der Waals surface area contributed by atoms with Crippen molar-refractivity contribution in [2.45, 2.75) is 12.5 Å². The largest absolute Gasteiger partial charge is 0.488 e. The van der Waals surface area contributed by atoms with Crippen LogP contribution in [-0.2, 0) is 4.74 Å². The van der Waals surface area contributed by atoms with Crippen molar-refractivity contribution in [1.29, 1.82) is 0 Å². The van der Waals surface area contributed by atoms with Gasteiger partial charge in [-0.1, -0.05) is 11.6 Å². The molecule has 0 aliphatic carbocycles. The first-order chi connectivity index (χ1) is 6.75. The molecule has 1 aliphatic heterocycles. The second-order valence-electron chi connectivity index (χ2n) is 3.29. The van der Waals surface area contributed by atoms with E-state index in [0.29, 0.717) is 17.3 Å². The summed E-state index contributed by atoms with van der Waals surface area (Å²) < 4.78 is 10.8. The van der Waals surface area contributed by atoms with Crippen LogP contribution in [0.3, 0.4) is 0 Å². The lowest BCUT2D eigenvalue weighted by atomic mass is 10.3. The molecule has 14 heavy (non-hydrogen) atoms. The van der Waals surface area contributed by atoms with Crippen molar-refractivity contribution in [2.24, 2.45) is 0 Å². The van der Waals surface area contributed by atoms with Crippen LogP contribution < -0.4 is 10.5 Å². The molecule has 4 heteroatoms. The maximum Gasteiger partial charge on any atom is 0.124 e. The topological polar surface area (TPSA) is 44.5 Å². The minimum atomic E-state index is 0.148. The number of nitrogen functional groups attached to an aromatic ring is 1. The van der Waals surface area contributed by atoms with E-state index in [1.54, 1.807) is 12.1 Å². The number of anilines is 1. The quantitative estimate of drug-likeness (QED) is 0.766. The third-order valence-electron chi connectivity index (χ3n) is 2.16. The highest BCUT2D eigenvalue weighted by molar-refractivity contribution is 6.33. The Balaban J connectivity index is 2.05. The first-order valence-corrected chi connectivity index (χ1v) is 4.93. The van der Waals surface area contributed by atoms with Crippen LogP contribution in [0.1, 0.15) is 6.42 Å². The zero-order valence-electron chi connectivity index (χ0n) is 7.70. The molecule has 0 aromatic heterocycles. The summed E-state index contributed by atoms with van der Waals surface area (Å²) >= 11 is 5.86. The Morgan fingerprint density at radius 3 is 3.00 bits per heavy atom. The highest BCUT2D eigenvalue weighted by atomic mass is 35.5. The lowest BCUT2D eigenvalue weighted by molar-refractivity contribution is 0.141. The number of hydrogen-bond acceptors (Lipinski definition) is 3. The second-order valence-corrected chi connectivity index (χ2v) is 3.69. The zero-order chi connectivity index (χ0) is 9.97. The number of halogens is 1. The number of hydrogen-bond donors (Lipinski definition) is 1. The summed E-state index contributed by atoms with van der Waals surface area (Å²) in [6, 6.07) is 5.29. The van der Waals surface area contributed by atoms with E-state index in [2.05, 4.69) is 0 Å². The van der Waals surface area contributed by atoms with E-state index in [4.69, 9.17) is 26.8 Å². The Hall–Kier alpha value is -0.930. The minimum absolute atomic E-state index is 0.148. The van der Waals surface area contributed by atoms with Crippen LogP contribution in [0.2, 0.25) is 5.02 Å². The zero-order valence-corrected chi connectivity index (χ0v) is 8.46. The number of nitrogens with two attached hydrogens (primary N) is 1. The Kier molecular flexibility index (Phi) is 2.79. The Bertz CT molecular complexity index is 324. The van der Waals surface area contributed by atoms with Gasteiger partial charge in [0.05, 0.1) is 23.9 Å². The van der Waals surface area contributed by atoms with Crippen molar-refractivity contribution in [3.63, 3.8) is 0 Å². The van der Waals surface area contributed by atoms with Gasteiger partial charge in [0.25, 0.3) is 0 Å². The molecule has 2 N–H and O–H groups in total. The Morgan fingerprint density at radius 1 is 1.50 bits per heavy atom. The summed E-state index contributed by atoms with van der Waals surface area (Å²) in [5.41, 5.74) is 6.16. The maximum absolute atomic E-state index is 5.86. The second kappa shape index (κ2) is 4.07. The smallest absolute Gasteiger partial charge is 0.124 e. The molecule has 1 aliphatic rings. The number of ether oxygens (including phenoxy) is 2. The van der Waals surface area contributed by atoms with Gasteiger partial charge in [-0.25, -0.2) is 0 Å². The van der Waals surface area contributed by atoms with Crippen molar-refractivity contribution in [3.05, 3.63) is 23.2 Å². The SMILES string of the molecule is Nc1ccc(OC2CCOC2)cc1Cl. The fraction of sp³-hybridized carbons (Fsp3) is 0.400. The van der Waals surface area contributed by atoms with Gasteiger partial charge >= 0.3 is 0 Å². The van der Waals surface area contributed by atoms with Crippen LogP contribution >= 0.6 is 11.6 Å². The monoisotopic (exact) mass is 213 g/mol. The van der Waals surface area contributed by atoms with E-state index in [1.807, 2.05) is 6.07 Å². The van der Waals surface area contributed by atoms with Crippen molar-refractivity contribution in [1.82, 2.24) is 0 Å². The molecule has 3 nitrogen and oxygen atoms in total. The van der Waals surface area contributed by atoms with Gasteiger partial charge in [-0.2, -0.15) is 0 Å². The summed E-state index contributed by atoms with van der Waals surface area (Å²) in [6.45, 7) is 1.43. The molecule has 1 atom stereocenters. The van der Waals surface area contributed by atoms with Crippen LogP contribution in [0, 0.1) is 0 Å². The first kappa shape index (κ1) is 9.62. The van der Waals surface area contributed by atoms with Gasteiger partial charge in [-0.3, -0.25) is 0 Å². The average Bonchev–Trinajstić information content (AvgIpc) is 2.64. The maximum atomic E-state index is 5.86. The molecular weight excluding hydrogens is 202 g/mol. The molecule has 0 bridgehead atoms.